The van der Waals surface area contributed by atoms with Crippen LogP contribution in [0, 0.1) is 0 Å². The summed E-state index contributed by atoms with van der Waals surface area (Å²) in [7, 11) is 0. The molecule has 2 heterocycles. The summed E-state index contributed by atoms with van der Waals surface area (Å²) >= 11 is 2.96. The van der Waals surface area contributed by atoms with E-state index in [1.54, 1.807) is 6.20 Å². The topological polar surface area (TPSA) is 66.9 Å². The zero-order chi connectivity index (χ0) is 23.1. The van der Waals surface area contributed by atoms with Crippen molar-refractivity contribution in [2.45, 2.75) is 37.8 Å². The van der Waals surface area contributed by atoms with Crippen molar-refractivity contribution in [3.05, 3.63) is 71.0 Å². The fourth-order valence-corrected chi connectivity index (χ4v) is 4.76. The second kappa shape index (κ2) is 10.7. The Hall–Kier alpha value is -2.72. The second-order valence-corrected chi connectivity index (χ2v) is 8.97. The highest BCUT2D eigenvalue weighted by Crippen LogP contribution is 2.46. The number of nitrogens with one attached hydrogen (secondary N) is 2. The first-order valence-corrected chi connectivity index (χ1v) is 11.7. The van der Waals surface area contributed by atoms with E-state index in [1.807, 2.05) is 5.38 Å². The highest BCUT2D eigenvalue weighted by Gasteiger charge is 2.34. The van der Waals surface area contributed by atoms with Gasteiger partial charge in [-0.2, -0.15) is 13.2 Å². The fraction of sp³-hybridized carbons (Fsp3) is 0.318. The third kappa shape index (κ3) is 6.39. The molecule has 170 valence electrons. The summed E-state index contributed by atoms with van der Waals surface area (Å²) in [5.74, 6) is 0.0555. The summed E-state index contributed by atoms with van der Waals surface area (Å²) in [6.45, 7) is 7.20. The molecule has 1 saturated carbocycles. The number of halogens is 3. The van der Waals surface area contributed by atoms with Crippen molar-refractivity contribution in [1.29, 1.82) is 0 Å². The average Bonchev–Trinajstić information content (AvgIpc) is 3.26. The number of rotatable bonds is 11. The summed E-state index contributed by atoms with van der Waals surface area (Å²) in [5.41, 5.74) is -0.273. The maximum atomic E-state index is 13.3. The number of unbranched alkanes of at least 4 members (excludes halogenated alkanes) is 1. The van der Waals surface area contributed by atoms with Gasteiger partial charge in [-0.25, -0.2) is 9.97 Å². The van der Waals surface area contributed by atoms with E-state index >= 15 is 0 Å². The molecule has 0 saturated heterocycles. The molecule has 5 nitrogen and oxygen atoms in total. The van der Waals surface area contributed by atoms with Crippen LogP contribution in [0.3, 0.4) is 0 Å². The van der Waals surface area contributed by atoms with Crippen molar-refractivity contribution in [1.82, 2.24) is 20.6 Å². The molecule has 1 amide bonds. The minimum atomic E-state index is -4.53. The number of carbonyl (C=O) groups is 1. The Morgan fingerprint density at radius 1 is 1.28 bits per heavy atom. The minimum absolute atomic E-state index is 0.136. The number of amides is 1. The van der Waals surface area contributed by atoms with Gasteiger partial charge in [-0.05, 0) is 43.8 Å². The van der Waals surface area contributed by atoms with Gasteiger partial charge in [0.2, 0.25) is 0 Å². The molecule has 0 radical (unpaired) electrons. The number of alkyl halides is 3. The fourth-order valence-electron chi connectivity index (χ4n) is 2.85. The van der Waals surface area contributed by atoms with E-state index in [1.165, 1.54) is 40.9 Å². The Kier molecular flexibility index (Phi) is 8.03. The molecule has 2 aromatic heterocycles. The third-order valence-corrected chi connectivity index (χ3v) is 6.68. The van der Waals surface area contributed by atoms with Gasteiger partial charge in [-0.1, -0.05) is 25.3 Å². The number of aromatic nitrogens is 2. The van der Waals surface area contributed by atoms with Crippen molar-refractivity contribution in [2.75, 3.05) is 6.54 Å². The van der Waals surface area contributed by atoms with Gasteiger partial charge in [-0.3, -0.25) is 4.79 Å². The van der Waals surface area contributed by atoms with Crippen molar-refractivity contribution in [2.24, 2.45) is 0 Å². The van der Waals surface area contributed by atoms with E-state index in [0.717, 1.165) is 33.8 Å². The largest absolute Gasteiger partial charge is 0.430 e. The number of hydrogen-bond acceptors (Lipinski definition) is 6. The first-order valence-electron chi connectivity index (χ1n) is 10.0. The van der Waals surface area contributed by atoms with Gasteiger partial charge in [-0.15, -0.1) is 22.7 Å². The Labute approximate surface area is 192 Å². The van der Waals surface area contributed by atoms with E-state index in [4.69, 9.17) is 0 Å². The highest BCUT2D eigenvalue weighted by atomic mass is 32.1. The first kappa shape index (κ1) is 23.9. The van der Waals surface area contributed by atoms with Gasteiger partial charge in [0.15, 0.2) is 10.0 Å². The zero-order valence-electron chi connectivity index (χ0n) is 17.2. The number of nitrogens with zero attached hydrogens (tertiary/aromatic N) is 2. The van der Waals surface area contributed by atoms with Crippen LogP contribution in [0.1, 0.15) is 47.0 Å². The summed E-state index contributed by atoms with van der Waals surface area (Å²) in [4.78, 5) is 22.4. The summed E-state index contributed by atoms with van der Waals surface area (Å²) in [6.07, 6.45) is 4.86. The van der Waals surface area contributed by atoms with Crippen LogP contribution in [0.15, 0.2) is 60.4 Å². The van der Waals surface area contributed by atoms with Crippen LogP contribution in [-0.4, -0.2) is 28.6 Å². The molecule has 0 unspecified atom stereocenters. The second-order valence-electron chi connectivity index (χ2n) is 7.04. The molecule has 0 spiro atoms. The first-order chi connectivity index (χ1) is 15.3. The Balaban J connectivity index is 1.58. The maximum absolute atomic E-state index is 13.3. The molecule has 10 heteroatoms. The van der Waals surface area contributed by atoms with Gasteiger partial charge in [0.25, 0.3) is 5.91 Å². The predicted molar refractivity (Wildman–Crippen MR) is 123 cm³/mol. The summed E-state index contributed by atoms with van der Waals surface area (Å²) in [6, 6.07) is 0. The van der Waals surface area contributed by atoms with Crippen LogP contribution >= 0.6 is 22.7 Å². The van der Waals surface area contributed by atoms with Crippen LogP contribution < -0.4 is 10.6 Å². The number of thiazole rings is 2. The van der Waals surface area contributed by atoms with E-state index < -0.39 is 11.9 Å². The smallest absolute Gasteiger partial charge is 0.352 e. The van der Waals surface area contributed by atoms with Crippen molar-refractivity contribution < 1.29 is 18.0 Å². The van der Waals surface area contributed by atoms with Crippen molar-refractivity contribution in [3.63, 3.8) is 0 Å². The van der Waals surface area contributed by atoms with E-state index in [2.05, 4.69) is 33.8 Å². The van der Waals surface area contributed by atoms with E-state index in [-0.39, 0.29) is 24.6 Å². The molecule has 0 bridgehead atoms. The molecule has 1 aliphatic rings. The Morgan fingerprint density at radius 2 is 2.06 bits per heavy atom. The van der Waals surface area contributed by atoms with Gasteiger partial charge in [0.1, 0.15) is 11.4 Å². The normalized spacial score (nSPS) is 14.8. The standard InChI is InChI=1S/C22H23F3N4OS2/c1-3-7-15(4-2)28-16(22(23,24)25)8-5-6-11-26-19(30)17-18(14-9-10-14)32-21(29-17)20-27-12-13-31-20/h3-4,7-8,12-14,28H,1-2,5-6,9-11H2,(H,26,30)/b15-7+,16-8-. The van der Waals surface area contributed by atoms with Crippen molar-refractivity contribution in [3.8, 4) is 10.0 Å². The van der Waals surface area contributed by atoms with Crippen LogP contribution in [0.25, 0.3) is 10.0 Å². The van der Waals surface area contributed by atoms with Crippen LogP contribution in [-0.2, 0) is 0 Å². The molecule has 3 rings (SSSR count). The Bertz CT molecular complexity index is 1020. The van der Waals surface area contributed by atoms with Crippen LogP contribution in [0.2, 0.25) is 0 Å². The molecule has 0 atom stereocenters. The van der Waals surface area contributed by atoms with Gasteiger partial charge >= 0.3 is 6.18 Å². The molecule has 1 fully saturated rings. The lowest BCUT2D eigenvalue weighted by atomic mass is 10.2. The molecular formula is C22H23F3N4OS2. The Morgan fingerprint density at radius 3 is 2.66 bits per heavy atom. The predicted octanol–water partition coefficient (Wildman–Crippen LogP) is 5.95. The number of allylic oxidation sites excluding steroid dienone is 5. The third-order valence-electron chi connectivity index (χ3n) is 4.55. The number of hydrogen-bond donors (Lipinski definition) is 2. The van der Waals surface area contributed by atoms with Crippen LogP contribution in [0.5, 0.6) is 0 Å². The van der Waals surface area contributed by atoms with Gasteiger partial charge in [0.05, 0.1) is 0 Å². The van der Waals surface area contributed by atoms with E-state index in [9.17, 15) is 18.0 Å². The van der Waals surface area contributed by atoms with Crippen LogP contribution in [0.4, 0.5) is 13.2 Å². The molecule has 0 aliphatic heterocycles. The lowest BCUT2D eigenvalue weighted by Gasteiger charge is -2.15. The molecule has 2 N–H and O–H groups in total. The molecule has 0 aromatic carbocycles. The zero-order valence-corrected chi connectivity index (χ0v) is 18.9. The van der Waals surface area contributed by atoms with Gasteiger partial charge in [0, 0.05) is 28.7 Å². The average molecular weight is 481 g/mol. The lowest BCUT2D eigenvalue weighted by Crippen LogP contribution is -2.26. The maximum Gasteiger partial charge on any atom is 0.430 e. The monoisotopic (exact) mass is 480 g/mol. The number of carbonyl (C=O) groups excluding carboxylic acids is 1. The molecule has 2 aromatic rings. The van der Waals surface area contributed by atoms with Gasteiger partial charge < -0.3 is 10.6 Å². The summed E-state index contributed by atoms with van der Waals surface area (Å²) in [5, 5.41) is 8.46. The van der Waals surface area contributed by atoms with Crippen molar-refractivity contribution >= 4 is 28.6 Å². The molecule has 32 heavy (non-hydrogen) atoms. The SMILES string of the molecule is C=C/C=C(\C=C)N/C(=C\CCCNC(=O)c1nc(-c2nccs2)sc1C1CC1)C(F)(F)F. The molecular weight excluding hydrogens is 457 g/mol. The quantitative estimate of drug-likeness (QED) is 0.308. The minimum Gasteiger partial charge on any atom is -0.352 e. The van der Waals surface area contributed by atoms with E-state index in [0.29, 0.717) is 18.0 Å². The lowest BCUT2D eigenvalue weighted by molar-refractivity contribution is -0.0959. The molecule has 1 aliphatic carbocycles. The summed E-state index contributed by atoms with van der Waals surface area (Å²) < 4.78 is 39.8. The highest BCUT2D eigenvalue weighted by molar-refractivity contribution is 7.20.